The van der Waals surface area contributed by atoms with Gasteiger partial charge < -0.3 is 4.98 Å². The molecule has 29 heavy (non-hydrogen) atoms. The molecular formula is C21H20N4O4. The van der Waals surface area contributed by atoms with Crippen LogP contribution in [0, 0.1) is 16.0 Å². The van der Waals surface area contributed by atoms with E-state index in [1.807, 2.05) is 12.1 Å². The van der Waals surface area contributed by atoms with Gasteiger partial charge in [-0.15, -0.1) is 0 Å². The summed E-state index contributed by atoms with van der Waals surface area (Å²) in [5.74, 6) is -0.478. The van der Waals surface area contributed by atoms with E-state index in [0.717, 1.165) is 36.2 Å². The second-order valence-corrected chi connectivity index (χ2v) is 7.41. The summed E-state index contributed by atoms with van der Waals surface area (Å²) in [7, 11) is 0. The van der Waals surface area contributed by atoms with Crippen molar-refractivity contribution < 1.29 is 14.5 Å². The fourth-order valence-corrected chi connectivity index (χ4v) is 3.75. The molecule has 1 heterocycles. The zero-order valence-electron chi connectivity index (χ0n) is 15.8. The highest BCUT2D eigenvalue weighted by Gasteiger charge is 2.21. The maximum atomic E-state index is 12.5. The van der Waals surface area contributed by atoms with Gasteiger partial charge in [-0.3, -0.25) is 30.6 Å². The van der Waals surface area contributed by atoms with E-state index in [1.165, 1.54) is 29.5 Å². The number of rotatable bonds is 3. The van der Waals surface area contributed by atoms with Gasteiger partial charge in [-0.2, -0.15) is 0 Å². The number of benzene rings is 2. The minimum atomic E-state index is -0.629. The first-order valence-corrected chi connectivity index (χ1v) is 9.41. The van der Waals surface area contributed by atoms with E-state index in [4.69, 9.17) is 0 Å². The Hall–Kier alpha value is -3.68. The number of nitrogens with one attached hydrogen (secondary N) is 3. The van der Waals surface area contributed by atoms with Gasteiger partial charge in [0.2, 0.25) is 0 Å². The van der Waals surface area contributed by atoms with Crippen molar-refractivity contribution in [3.8, 4) is 0 Å². The molecule has 8 nitrogen and oxygen atoms in total. The number of H-pyrrole nitrogens is 1. The van der Waals surface area contributed by atoms with Crippen LogP contribution in [0.3, 0.4) is 0 Å². The number of nitrogens with zero attached hydrogens (tertiary/aromatic N) is 1. The first kappa shape index (κ1) is 18.7. The number of aryl methyl sites for hydroxylation is 1. The molecule has 0 saturated carbocycles. The molecule has 0 spiro atoms. The number of hydrogen-bond acceptors (Lipinski definition) is 4. The Kier molecular flexibility index (Phi) is 4.75. The van der Waals surface area contributed by atoms with Gasteiger partial charge in [0.05, 0.1) is 4.92 Å². The van der Waals surface area contributed by atoms with Gasteiger partial charge in [-0.1, -0.05) is 13.0 Å². The summed E-state index contributed by atoms with van der Waals surface area (Å²) in [5, 5.41) is 11.9. The van der Waals surface area contributed by atoms with Crippen LogP contribution in [0.4, 0.5) is 5.69 Å². The van der Waals surface area contributed by atoms with Crippen LogP contribution < -0.4 is 10.9 Å². The molecule has 1 atom stereocenters. The molecule has 2 aromatic carbocycles. The lowest BCUT2D eigenvalue weighted by Crippen LogP contribution is -2.41. The van der Waals surface area contributed by atoms with E-state index >= 15 is 0 Å². The number of aromatic nitrogens is 1. The predicted octanol–water partition coefficient (Wildman–Crippen LogP) is 3.28. The molecule has 0 saturated heterocycles. The van der Waals surface area contributed by atoms with Gasteiger partial charge >= 0.3 is 0 Å². The first-order valence-electron chi connectivity index (χ1n) is 9.41. The molecule has 3 N–H and O–H groups in total. The normalized spacial score (nSPS) is 15.6. The number of non-ortho nitro benzene ring substituents is 1. The first-order chi connectivity index (χ1) is 13.9. The second-order valence-electron chi connectivity index (χ2n) is 7.41. The Balaban J connectivity index is 1.49. The summed E-state index contributed by atoms with van der Waals surface area (Å²) < 4.78 is 0. The van der Waals surface area contributed by atoms with Crippen LogP contribution in [0.25, 0.3) is 10.9 Å². The zero-order chi connectivity index (χ0) is 20.5. The molecule has 0 bridgehead atoms. The van der Waals surface area contributed by atoms with Crippen molar-refractivity contribution in [3.63, 3.8) is 0 Å². The van der Waals surface area contributed by atoms with Crippen molar-refractivity contribution in [2.45, 2.75) is 26.2 Å². The molecule has 148 valence electrons. The van der Waals surface area contributed by atoms with Crippen LogP contribution >= 0.6 is 0 Å². The van der Waals surface area contributed by atoms with Crippen molar-refractivity contribution >= 4 is 28.4 Å². The predicted molar refractivity (Wildman–Crippen MR) is 108 cm³/mol. The minimum Gasteiger partial charge on any atom is -0.358 e. The Morgan fingerprint density at radius 3 is 2.55 bits per heavy atom. The smallest absolute Gasteiger partial charge is 0.270 e. The van der Waals surface area contributed by atoms with Crippen molar-refractivity contribution in [2.75, 3.05) is 0 Å². The van der Waals surface area contributed by atoms with Gasteiger partial charge in [0.25, 0.3) is 17.5 Å². The Morgan fingerprint density at radius 1 is 1.10 bits per heavy atom. The van der Waals surface area contributed by atoms with E-state index in [1.54, 1.807) is 6.07 Å². The molecule has 1 aliphatic rings. The van der Waals surface area contributed by atoms with Crippen molar-refractivity contribution in [1.29, 1.82) is 0 Å². The molecule has 1 unspecified atom stereocenters. The summed E-state index contributed by atoms with van der Waals surface area (Å²) >= 11 is 0. The molecule has 1 aromatic heterocycles. The average molecular weight is 392 g/mol. The molecule has 0 fully saturated rings. The fraction of sp³-hybridized carbons (Fsp3) is 0.238. The van der Waals surface area contributed by atoms with E-state index in [9.17, 15) is 19.7 Å². The Morgan fingerprint density at radius 2 is 1.83 bits per heavy atom. The SMILES string of the molecule is CC1CCc2[nH]c3ccc(C(=O)NNC(=O)c4cccc([N+](=O)[O-])c4)cc3c2C1. The lowest BCUT2D eigenvalue weighted by molar-refractivity contribution is -0.384. The van der Waals surface area contributed by atoms with Crippen LogP contribution in [-0.2, 0) is 12.8 Å². The third kappa shape index (κ3) is 3.69. The zero-order valence-corrected chi connectivity index (χ0v) is 15.8. The van der Waals surface area contributed by atoms with Crippen LogP contribution in [0.15, 0.2) is 42.5 Å². The van der Waals surface area contributed by atoms with Gasteiger partial charge in [0.1, 0.15) is 0 Å². The second kappa shape index (κ2) is 7.38. The van der Waals surface area contributed by atoms with E-state index in [-0.39, 0.29) is 11.3 Å². The number of hydrazine groups is 1. The van der Waals surface area contributed by atoms with E-state index in [0.29, 0.717) is 11.5 Å². The van der Waals surface area contributed by atoms with E-state index in [2.05, 4.69) is 22.8 Å². The summed E-state index contributed by atoms with van der Waals surface area (Å²) in [4.78, 5) is 38.4. The number of amides is 2. The molecule has 0 aliphatic heterocycles. The monoisotopic (exact) mass is 392 g/mol. The maximum Gasteiger partial charge on any atom is 0.270 e. The lowest BCUT2D eigenvalue weighted by atomic mass is 9.87. The van der Waals surface area contributed by atoms with Crippen LogP contribution in [-0.4, -0.2) is 21.7 Å². The summed E-state index contributed by atoms with van der Waals surface area (Å²) in [6.45, 7) is 2.22. The maximum absolute atomic E-state index is 12.5. The Labute approximate surface area is 166 Å². The third-order valence-electron chi connectivity index (χ3n) is 5.31. The topological polar surface area (TPSA) is 117 Å². The molecule has 4 rings (SSSR count). The lowest BCUT2D eigenvalue weighted by Gasteiger charge is -2.18. The number of aromatic amines is 1. The number of carbonyl (C=O) groups excluding carboxylic acids is 2. The Bertz CT molecular complexity index is 1130. The quantitative estimate of drug-likeness (QED) is 0.468. The fourth-order valence-electron chi connectivity index (χ4n) is 3.75. The molecule has 2 amide bonds. The summed E-state index contributed by atoms with van der Waals surface area (Å²) in [5.41, 5.74) is 8.49. The number of nitro groups is 1. The molecule has 0 radical (unpaired) electrons. The summed E-state index contributed by atoms with van der Waals surface area (Å²) in [6.07, 6.45) is 3.13. The molecular weight excluding hydrogens is 372 g/mol. The number of fused-ring (bicyclic) bond motifs is 3. The average Bonchev–Trinajstić information content (AvgIpc) is 3.08. The van der Waals surface area contributed by atoms with Crippen LogP contribution in [0.5, 0.6) is 0 Å². The highest BCUT2D eigenvalue weighted by Crippen LogP contribution is 2.32. The van der Waals surface area contributed by atoms with Crippen LogP contribution in [0.2, 0.25) is 0 Å². The highest BCUT2D eigenvalue weighted by molar-refractivity contribution is 6.01. The third-order valence-corrected chi connectivity index (χ3v) is 5.31. The van der Waals surface area contributed by atoms with Gasteiger partial charge in [0.15, 0.2) is 0 Å². The standard InChI is InChI=1S/C21H20N4O4/c1-12-5-7-18-16(9-12)17-11-14(6-8-19(17)22-18)21(27)24-23-20(26)13-3-2-4-15(10-13)25(28)29/h2-4,6,8,10-12,22H,5,7,9H2,1H3,(H,23,26)(H,24,27). The summed E-state index contributed by atoms with van der Waals surface area (Å²) in [6, 6.07) is 10.7. The van der Waals surface area contributed by atoms with Gasteiger partial charge in [-0.05, 0) is 55.0 Å². The number of nitro benzene ring substituents is 1. The minimum absolute atomic E-state index is 0.0867. The molecule has 3 aromatic rings. The van der Waals surface area contributed by atoms with Crippen molar-refractivity contribution in [3.05, 3.63) is 75.0 Å². The number of hydrogen-bond donors (Lipinski definition) is 3. The molecule has 1 aliphatic carbocycles. The number of carbonyl (C=O) groups is 2. The van der Waals surface area contributed by atoms with E-state index < -0.39 is 16.7 Å². The highest BCUT2D eigenvalue weighted by atomic mass is 16.6. The van der Waals surface area contributed by atoms with Crippen molar-refractivity contribution in [2.24, 2.45) is 5.92 Å². The molecule has 8 heteroatoms. The van der Waals surface area contributed by atoms with Gasteiger partial charge in [-0.25, -0.2) is 0 Å². The van der Waals surface area contributed by atoms with Crippen LogP contribution in [0.1, 0.15) is 45.3 Å². The van der Waals surface area contributed by atoms with Gasteiger partial charge in [0, 0.05) is 39.9 Å². The van der Waals surface area contributed by atoms with Crippen molar-refractivity contribution in [1.82, 2.24) is 15.8 Å². The largest absolute Gasteiger partial charge is 0.358 e.